The SMILES string of the molecule is CCC#CCC.CCC=CCC. The molecule has 0 aliphatic carbocycles. The Hall–Kier alpha value is -0.700. The largest absolute Gasteiger partial charge is 0.104 e. The van der Waals surface area contributed by atoms with Gasteiger partial charge in [-0.15, -0.1) is 11.8 Å². The minimum absolute atomic E-state index is 0.994. The molecule has 0 rings (SSSR count). The summed E-state index contributed by atoms with van der Waals surface area (Å²) < 4.78 is 0. The van der Waals surface area contributed by atoms with Crippen LogP contribution in [0, 0.1) is 11.8 Å². The third-order valence-corrected chi connectivity index (χ3v) is 1.12. The molecule has 0 atom stereocenters. The lowest BCUT2D eigenvalue weighted by Crippen LogP contribution is -1.52. The van der Waals surface area contributed by atoms with Crippen molar-refractivity contribution >= 4 is 0 Å². The Kier molecular flexibility index (Phi) is 19.3. The fraction of sp³-hybridized carbons (Fsp3) is 0.667. The predicted molar refractivity (Wildman–Crippen MR) is 58.1 cm³/mol. The minimum Gasteiger partial charge on any atom is -0.104 e. The van der Waals surface area contributed by atoms with Gasteiger partial charge in [-0.2, -0.15) is 0 Å². The van der Waals surface area contributed by atoms with E-state index in [1.54, 1.807) is 0 Å². The van der Waals surface area contributed by atoms with Crippen LogP contribution in [0.3, 0.4) is 0 Å². The van der Waals surface area contributed by atoms with Crippen molar-refractivity contribution in [2.45, 2.75) is 53.4 Å². The number of allylic oxidation sites excluding steroid dienone is 2. The minimum atomic E-state index is 0.994. The molecule has 0 spiro atoms. The normalized spacial score (nSPS) is 8.33. The van der Waals surface area contributed by atoms with Gasteiger partial charge in [0.25, 0.3) is 0 Å². The Morgan fingerprint density at radius 2 is 1.08 bits per heavy atom. The Balaban J connectivity index is 0. The molecule has 0 heterocycles. The maximum absolute atomic E-state index is 2.95. The van der Waals surface area contributed by atoms with Gasteiger partial charge >= 0.3 is 0 Å². The highest BCUT2D eigenvalue weighted by Gasteiger charge is 1.60. The van der Waals surface area contributed by atoms with Gasteiger partial charge < -0.3 is 0 Å². The summed E-state index contributed by atoms with van der Waals surface area (Å²) in [6.45, 7) is 8.41. The summed E-state index contributed by atoms with van der Waals surface area (Å²) in [7, 11) is 0. The summed E-state index contributed by atoms with van der Waals surface area (Å²) in [4.78, 5) is 0. The maximum atomic E-state index is 2.95. The molecule has 0 aliphatic heterocycles. The summed E-state index contributed by atoms with van der Waals surface area (Å²) in [5, 5.41) is 0. The molecule has 0 saturated carbocycles. The first-order valence-electron chi connectivity index (χ1n) is 4.94. The summed E-state index contributed by atoms with van der Waals surface area (Å²) >= 11 is 0. The molecule has 0 aliphatic rings. The monoisotopic (exact) mass is 166 g/mol. The molecule has 0 aromatic heterocycles. The Labute approximate surface area is 78.1 Å². The van der Waals surface area contributed by atoms with Crippen LogP contribution >= 0.6 is 0 Å². The lowest BCUT2D eigenvalue weighted by molar-refractivity contribution is 1.16. The number of hydrogen-bond acceptors (Lipinski definition) is 0. The Morgan fingerprint density at radius 3 is 1.25 bits per heavy atom. The molecule has 0 saturated heterocycles. The van der Waals surface area contributed by atoms with Gasteiger partial charge in [-0.1, -0.05) is 39.8 Å². The van der Waals surface area contributed by atoms with Crippen molar-refractivity contribution in [3.63, 3.8) is 0 Å². The second kappa shape index (κ2) is 16.7. The first-order valence-corrected chi connectivity index (χ1v) is 4.94. The van der Waals surface area contributed by atoms with E-state index in [4.69, 9.17) is 0 Å². The Bertz CT molecular complexity index is 118. The average molecular weight is 166 g/mol. The molecule has 0 radical (unpaired) electrons. The maximum Gasteiger partial charge on any atom is 0.00602 e. The molecule has 0 bridgehead atoms. The summed E-state index contributed by atoms with van der Waals surface area (Å²) in [6, 6.07) is 0. The van der Waals surface area contributed by atoms with Crippen LogP contribution < -0.4 is 0 Å². The van der Waals surface area contributed by atoms with Crippen molar-refractivity contribution in [1.29, 1.82) is 0 Å². The molecule has 0 heteroatoms. The number of hydrogen-bond donors (Lipinski definition) is 0. The van der Waals surface area contributed by atoms with Crippen LogP contribution in [0.15, 0.2) is 12.2 Å². The highest BCUT2D eigenvalue weighted by Crippen LogP contribution is 1.81. The molecule has 0 amide bonds. The van der Waals surface area contributed by atoms with E-state index in [0.717, 1.165) is 12.8 Å². The molecule has 0 aromatic carbocycles. The lowest BCUT2D eigenvalue weighted by atomic mass is 10.4. The predicted octanol–water partition coefficient (Wildman–Crippen LogP) is 4.17. The van der Waals surface area contributed by atoms with E-state index in [-0.39, 0.29) is 0 Å². The van der Waals surface area contributed by atoms with Crippen molar-refractivity contribution in [2.24, 2.45) is 0 Å². The lowest BCUT2D eigenvalue weighted by Gasteiger charge is -1.72. The first-order chi connectivity index (χ1) is 5.83. The molecule has 0 nitrogen and oxygen atoms in total. The van der Waals surface area contributed by atoms with Crippen LogP contribution in [0.5, 0.6) is 0 Å². The zero-order valence-electron chi connectivity index (χ0n) is 8.98. The van der Waals surface area contributed by atoms with Gasteiger partial charge in [-0.3, -0.25) is 0 Å². The van der Waals surface area contributed by atoms with Crippen LogP contribution in [0.2, 0.25) is 0 Å². The topological polar surface area (TPSA) is 0 Å². The third-order valence-electron chi connectivity index (χ3n) is 1.12. The van der Waals surface area contributed by atoms with Crippen molar-refractivity contribution in [2.75, 3.05) is 0 Å². The van der Waals surface area contributed by atoms with E-state index in [2.05, 4.69) is 51.7 Å². The first kappa shape index (κ1) is 13.9. The summed E-state index contributed by atoms with van der Waals surface area (Å²) in [6.07, 6.45) is 8.70. The van der Waals surface area contributed by atoms with E-state index in [1.165, 1.54) is 12.8 Å². The van der Waals surface area contributed by atoms with Crippen LogP contribution in [-0.4, -0.2) is 0 Å². The molecule has 0 N–H and O–H groups in total. The van der Waals surface area contributed by atoms with Gasteiger partial charge in [-0.05, 0) is 12.8 Å². The van der Waals surface area contributed by atoms with Gasteiger partial charge in [0.15, 0.2) is 0 Å². The van der Waals surface area contributed by atoms with E-state index in [1.807, 2.05) is 0 Å². The second-order valence-corrected chi connectivity index (χ2v) is 2.35. The highest BCUT2D eigenvalue weighted by atomic mass is 13.7. The van der Waals surface area contributed by atoms with Gasteiger partial charge in [0.05, 0.1) is 0 Å². The summed E-state index contributed by atoms with van der Waals surface area (Å²) in [5.74, 6) is 5.90. The molecule has 0 fully saturated rings. The molecule has 12 heavy (non-hydrogen) atoms. The van der Waals surface area contributed by atoms with Crippen molar-refractivity contribution in [3.8, 4) is 11.8 Å². The van der Waals surface area contributed by atoms with Crippen LogP contribution in [0.1, 0.15) is 53.4 Å². The molecular formula is C12H22. The third kappa shape index (κ3) is 22.8. The van der Waals surface area contributed by atoms with Crippen molar-refractivity contribution in [1.82, 2.24) is 0 Å². The molecule has 0 aromatic rings. The zero-order valence-corrected chi connectivity index (χ0v) is 8.98. The van der Waals surface area contributed by atoms with Gasteiger partial charge in [0, 0.05) is 12.8 Å². The van der Waals surface area contributed by atoms with Crippen molar-refractivity contribution in [3.05, 3.63) is 12.2 Å². The van der Waals surface area contributed by atoms with Crippen LogP contribution in [-0.2, 0) is 0 Å². The molecule has 70 valence electrons. The Morgan fingerprint density at radius 1 is 0.750 bits per heavy atom. The van der Waals surface area contributed by atoms with Crippen LogP contribution in [0.4, 0.5) is 0 Å². The zero-order chi connectivity index (χ0) is 9.66. The van der Waals surface area contributed by atoms with E-state index >= 15 is 0 Å². The van der Waals surface area contributed by atoms with Gasteiger partial charge in [0.2, 0.25) is 0 Å². The van der Waals surface area contributed by atoms with Gasteiger partial charge in [0.1, 0.15) is 0 Å². The van der Waals surface area contributed by atoms with Gasteiger partial charge in [-0.25, -0.2) is 0 Å². The van der Waals surface area contributed by atoms with Crippen LogP contribution in [0.25, 0.3) is 0 Å². The van der Waals surface area contributed by atoms with E-state index < -0.39 is 0 Å². The fourth-order valence-corrected chi connectivity index (χ4v) is 0.583. The van der Waals surface area contributed by atoms with Crippen molar-refractivity contribution < 1.29 is 0 Å². The van der Waals surface area contributed by atoms with E-state index in [0.29, 0.717) is 0 Å². The standard InChI is InChI=1S/C6H12.C6H10/c2*1-3-5-6-4-2/h5-6H,3-4H2,1-2H3;3-4H2,1-2H3. The summed E-state index contributed by atoms with van der Waals surface area (Å²) in [5.41, 5.74) is 0. The highest BCUT2D eigenvalue weighted by molar-refractivity contribution is 4.96. The molecular weight excluding hydrogens is 144 g/mol. The molecule has 0 unspecified atom stereocenters. The fourth-order valence-electron chi connectivity index (χ4n) is 0.583. The quantitative estimate of drug-likeness (QED) is 0.426. The smallest absolute Gasteiger partial charge is 0.00602 e. The number of rotatable bonds is 2. The van der Waals surface area contributed by atoms with E-state index in [9.17, 15) is 0 Å². The average Bonchev–Trinajstić information content (AvgIpc) is 2.12. The second-order valence-electron chi connectivity index (χ2n) is 2.35.